The lowest BCUT2D eigenvalue weighted by Crippen LogP contribution is -2.32. The highest BCUT2D eigenvalue weighted by Gasteiger charge is 2.29. The van der Waals surface area contributed by atoms with Crippen LogP contribution in [0.5, 0.6) is 0 Å². The van der Waals surface area contributed by atoms with Crippen LogP contribution in [0.4, 0.5) is 10.1 Å². The minimum atomic E-state index is -0.415. The highest BCUT2D eigenvalue weighted by atomic mass is 19.1. The van der Waals surface area contributed by atoms with Gasteiger partial charge in [-0.2, -0.15) is 5.26 Å². The van der Waals surface area contributed by atoms with Crippen LogP contribution in [0.1, 0.15) is 29.9 Å². The number of hydrogen-bond acceptors (Lipinski definition) is 5. The molecule has 0 aliphatic carbocycles. The summed E-state index contributed by atoms with van der Waals surface area (Å²) in [5, 5.41) is 9.05. The second-order valence-corrected chi connectivity index (χ2v) is 6.14. The average molecular weight is 334 g/mol. The lowest BCUT2D eigenvalue weighted by Gasteiger charge is -2.31. The van der Waals surface area contributed by atoms with E-state index in [9.17, 15) is 4.39 Å². The number of halogens is 1. The SMILES string of the molecule is CC1CN(c2cc(F)cc(C#N)c2)Cc2nc(-c3ccccn3)oc21. The Morgan fingerprint density at radius 2 is 2.20 bits per heavy atom. The number of nitrogens with zero attached hydrogens (tertiary/aromatic N) is 4. The van der Waals surface area contributed by atoms with Crippen molar-refractivity contribution in [2.75, 3.05) is 11.4 Å². The zero-order valence-corrected chi connectivity index (χ0v) is 13.6. The van der Waals surface area contributed by atoms with Gasteiger partial charge >= 0.3 is 0 Å². The van der Waals surface area contributed by atoms with Gasteiger partial charge in [0.15, 0.2) is 0 Å². The first-order chi connectivity index (χ1) is 12.1. The first-order valence-electron chi connectivity index (χ1n) is 8.00. The third kappa shape index (κ3) is 2.85. The summed E-state index contributed by atoms with van der Waals surface area (Å²) >= 11 is 0. The Kier molecular flexibility index (Phi) is 3.69. The van der Waals surface area contributed by atoms with Crippen molar-refractivity contribution >= 4 is 5.69 Å². The summed E-state index contributed by atoms with van der Waals surface area (Å²) in [4.78, 5) is 10.9. The van der Waals surface area contributed by atoms with Crippen LogP contribution >= 0.6 is 0 Å². The molecule has 0 spiro atoms. The van der Waals surface area contributed by atoms with Crippen LogP contribution in [0.15, 0.2) is 47.0 Å². The quantitative estimate of drug-likeness (QED) is 0.712. The number of fused-ring (bicyclic) bond motifs is 1. The first-order valence-corrected chi connectivity index (χ1v) is 8.00. The summed E-state index contributed by atoms with van der Waals surface area (Å²) in [7, 11) is 0. The van der Waals surface area contributed by atoms with Crippen molar-refractivity contribution in [1.82, 2.24) is 9.97 Å². The van der Waals surface area contributed by atoms with E-state index in [4.69, 9.17) is 9.68 Å². The topological polar surface area (TPSA) is 66.0 Å². The molecule has 1 unspecified atom stereocenters. The Morgan fingerprint density at radius 3 is 2.96 bits per heavy atom. The summed E-state index contributed by atoms with van der Waals surface area (Å²) in [6.07, 6.45) is 1.70. The fraction of sp³-hybridized carbons (Fsp3) is 0.211. The molecule has 1 atom stereocenters. The Bertz CT molecular complexity index is 961. The van der Waals surface area contributed by atoms with Crippen molar-refractivity contribution in [3.63, 3.8) is 0 Å². The van der Waals surface area contributed by atoms with E-state index in [0.717, 1.165) is 11.5 Å². The van der Waals surface area contributed by atoms with Gasteiger partial charge < -0.3 is 9.32 Å². The van der Waals surface area contributed by atoms with Crippen LogP contribution in [0.25, 0.3) is 11.6 Å². The van der Waals surface area contributed by atoms with Gasteiger partial charge in [0.2, 0.25) is 5.89 Å². The molecule has 4 rings (SSSR count). The minimum absolute atomic E-state index is 0.0996. The van der Waals surface area contributed by atoms with E-state index in [1.165, 1.54) is 12.1 Å². The predicted octanol–water partition coefficient (Wildman–Crippen LogP) is 3.87. The average Bonchev–Trinajstić information content (AvgIpc) is 3.07. The molecule has 0 radical (unpaired) electrons. The molecule has 0 N–H and O–H groups in total. The Balaban J connectivity index is 1.69. The highest BCUT2D eigenvalue weighted by Crippen LogP contribution is 2.34. The third-order valence-corrected chi connectivity index (χ3v) is 4.27. The molecule has 124 valence electrons. The van der Waals surface area contributed by atoms with Gasteiger partial charge in [-0.05, 0) is 30.3 Å². The maximum atomic E-state index is 13.8. The number of oxazole rings is 1. The Morgan fingerprint density at radius 1 is 1.32 bits per heavy atom. The molecular weight excluding hydrogens is 319 g/mol. The molecule has 1 aliphatic heterocycles. The van der Waals surface area contributed by atoms with E-state index in [1.807, 2.05) is 36.1 Å². The third-order valence-electron chi connectivity index (χ3n) is 4.27. The molecule has 5 nitrogen and oxygen atoms in total. The number of pyridine rings is 1. The summed E-state index contributed by atoms with van der Waals surface area (Å²) in [6.45, 7) is 3.21. The van der Waals surface area contributed by atoms with Crippen LogP contribution in [0.3, 0.4) is 0 Å². The summed E-state index contributed by atoms with van der Waals surface area (Å²) in [6, 6.07) is 11.9. The largest absolute Gasteiger partial charge is 0.439 e. The van der Waals surface area contributed by atoms with Crippen LogP contribution < -0.4 is 4.90 Å². The molecule has 1 aromatic carbocycles. The van der Waals surface area contributed by atoms with Gasteiger partial charge in [-0.15, -0.1) is 0 Å². The van der Waals surface area contributed by atoms with E-state index >= 15 is 0 Å². The fourth-order valence-corrected chi connectivity index (χ4v) is 3.14. The number of rotatable bonds is 2. The van der Waals surface area contributed by atoms with Crippen molar-refractivity contribution in [1.29, 1.82) is 5.26 Å². The summed E-state index contributed by atoms with van der Waals surface area (Å²) in [5.74, 6) is 1.02. The maximum Gasteiger partial charge on any atom is 0.245 e. The van der Waals surface area contributed by atoms with Gasteiger partial charge in [-0.25, -0.2) is 9.37 Å². The number of aromatic nitrogens is 2. The van der Waals surface area contributed by atoms with Gasteiger partial charge in [-0.1, -0.05) is 13.0 Å². The van der Waals surface area contributed by atoms with Crippen molar-refractivity contribution in [2.45, 2.75) is 19.4 Å². The van der Waals surface area contributed by atoms with Crippen molar-refractivity contribution < 1.29 is 8.81 Å². The normalized spacial score (nSPS) is 16.4. The van der Waals surface area contributed by atoms with E-state index in [2.05, 4.69) is 9.97 Å². The Labute approximate surface area is 144 Å². The standard InChI is InChI=1S/C19H15FN4O/c1-12-10-24(15-7-13(9-21)6-14(20)8-15)11-17-18(12)25-19(23-17)16-4-2-3-5-22-16/h2-8,12H,10-11H2,1H3. The lowest BCUT2D eigenvalue weighted by molar-refractivity contribution is 0.458. The molecule has 6 heteroatoms. The monoisotopic (exact) mass is 334 g/mol. The van der Waals surface area contributed by atoms with Crippen LogP contribution in [-0.4, -0.2) is 16.5 Å². The number of anilines is 1. The van der Waals surface area contributed by atoms with Gasteiger partial charge in [0.05, 0.1) is 18.2 Å². The molecule has 0 saturated carbocycles. The van der Waals surface area contributed by atoms with E-state index in [0.29, 0.717) is 35.9 Å². The van der Waals surface area contributed by atoms with Crippen molar-refractivity contribution in [2.24, 2.45) is 0 Å². The minimum Gasteiger partial charge on any atom is -0.439 e. The van der Waals surface area contributed by atoms with Gasteiger partial charge in [0.1, 0.15) is 23.0 Å². The molecule has 25 heavy (non-hydrogen) atoms. The summed E-state index contributed by atoms with van der Waals surface area (Å²) < 4.78 is 19.7. The van der Waals surface area contributed by atoms with Gasteiger partial charge in [0, 0.05) is 24.3 Å². The van der Waals surface area contributed by atoms with E-state index in [1.54, 1.807) is 12.3 Å². The predicted molar refractivity (Wildman–Crippen MR) is 90.3 cm³/mol. The summed E-state index contributed by atoms with van der Waals surface area (Å²) in [5.41, 5.74) is 2.49. The zero-order valence-electron chi connectivity index (χ0n) is 13.6. The van der Waals surface area contributed by atoms with Crippen molar-refractivity contribution in [3.8, 4) is 17.7 Å². The van der Waals surface area contributed by atoms with E-state index < -0.39 is 5.82 Å². The number of hydrogen-bond donors (Lipinski definition) is 0. The Hall–Kier alpha value is -3.20. The van der Waals surface area contributed by atoms with Crippen LogP contribution in [-0.2, 0) is 6.54 Å². The lowest BCUT2D eigenvalue weighted by atomic mass is 10.0. The number of benzene rings is 1. The van der Waals surface area contributed by atoms with Crippen molar-refractivity contribution in [3.05, 3.63) is 65.4 Å². The van der Waals surface area contributed by atoms with Gasteiger partial charge in [-0.3, -0.25) is 4.98 Å². The molecule has 3 heterocycles. The molecule has 0 fully saturated rings. The van der Waals surface area contributed by atoms with E-state index in [-0.39, 0.29) is 5.92 Å². The number of nitriles is 1. The molecule has 0 bridgehead atoms. The maximum absolute atomic E-state index is 13.8. The van der Waals surface area contributed by atoms with Crippen LogP contribution in [0.2, 0.25) is 0 Å². The van der Waals surface area contributed by atoms with Crippen LogP contribution in [0, 0.1) is 17.1 Å². The molecular formula is C19H15FN4O. The first kappa shape index (κ1) is 15.3. The van der Waals surface area contributed by atoms with Gasteiger partial charge in [0.25, 0.3) is 0 Å². The second kappa shape index (κ2) is 6.02. The molecule has 2 aromatic heterocycles. The molecule has 0 saturated heterocycles. The molecule has 1 aliphatic rings. The smallest absolute Gasteiger partial charge is 0.245 e. The highest BCUT2D eigenvalue weighted by molar-refractivity contribution is 5.54. The second-order valence-electron chi connectivity index (χ2n) is 6.14. The molecule has 0 amide bonds. The molecule has 3 aromatic rings. The zero-order chi connectivity index (χ0) is 17.4. The fourth-order valence-electron chi connectivity index (χ4n) is 3.14.